The summed E-state index contributed by atoms with van der Waals surface area (Å²) in [5, 5.41) is 20.1. The topological polar surface area (TPSA) is 104 Å². The fourth-order valence-electron chi connectivity index (χ4n) is 1.73. The van der Waals surface area contributed by atoms with Gasteiger partial charge < -0.3 is 10.2 Å². The molecule has 0 atom stereocenters. The van der Waals surface area contributed by atoms with Gasteiger partial charge in [0.15, 0.2) is 0 Å². The normalized spacial score (nSPS) is 18.3. The summed E-state index contributed by atoms with van der Waals surface area (Å²) in [7, 11) is -3.88. The van der Waals surface area contributed by atoms with Crippen molar-refractivity contribution in [2.45, 2.75) is 29.8 Å². The lowest BCUT2D eigenvalue weighted by atomic mass is 9.81. The van der Waals surface area contributed by atoms with Crippen LogP contribution >= 0.6 is 11.3 Å². The number of aliphatic hydroxyl groups is 1. The molecule has 1 aliphatic carbocycles. The van der Waals surface area contributed by atoms with Gasteiger partial charge in [0.05, 0.1) is 5.60 Å². The van der Waals surface area contributed by atoms with Gasteiger partial charge >= 0.3 is 5.97 Å². The molecule has 1 fully saturated rings. The molecule has 0 unspecified atom stereocenters. The molecule has 18 heavy (non-hydrogen) atoms. The summed E-state index contributed by atoms with van der Waals surface area (Å²) >= 11 is 0.856. The highest BCUT2D eigenvalue weighted by molar-refractivity contribution is 7.89. The molecule has 3 N–H and O–H groups in total. The van der Waals surface area contributed by atoms with Crippen LogP contribution in [0, 0.1) is 0 Å². The van der Waals surface area contributed by atoms with Crippen molar-refractivity contribution in [2.24, 2.45) is 0 Å². The van der Waals surface area contributed by atoms with Gasteiger partial charge in [0.2, 0.25) is 10.0 Å². The van der Waals surface area contributed by atoms with Gasteiger partial charge in [-0.3, -0.25) is 0 Å². The average molecular weight is 291 g/mol. The Kier molecular flexibility index (Phi) is 3.45. The second-order valence-corrected chi connectivity index (χ2v) is 6.97. The van der Waals surface area contributed by atoms with Crippen LogP contribution in [0.4, 0.5) is 0 Å². The van der Waals surface area contributed by atoms with Crippen molar-refractivity contribution < 1.29 is 23.4 Å². The molecule has 1 heterocycles. The first-order valence-electron chi connectivity index (χ1n) is 5.37. The summed E-state index contributed by atoms with van der Waals surface area (Å²) in [5.74, 6) is -1.27. The summed E-state index contributed by atoms with van der Waals surface area (Å²) < 4.78 is 26.1. The van der Waals surface area contributed by atoms with Gasteiger partial charge in [0, 0.05) is 6.54 Å². The van der Waals surface area contributed by atoms with Crippen LogP contribution in [0.25, 0.3) is 0 Å². The van der Waals surface area contributed by atoms with Gasteiger partial charge in [0.1, 0.15) is 9.77 Å². The predicted molar refractivity (Wildman–Crippen MR) is 65.3 cm³/mol. The predicted octanol–water partition coefficient (Wildman–Crippen LogP) is 0.640. The molecule has 8 heteroatoms. The Balaban J connectivity index is 2.15. The molecule has 0 aliphatic heterocycles. The van der Waals surface area contributed by atoms with Crippen molar-refractivity contribution >= 4 is 27.3 Å². The molecule has 1 saturated carbocycles. The Bertz CT molecular complexity index is 559. The van der Waals surface area contributed by atoms with Crippen LogP contribution in [-0.2, 0) is 10.0 Å². The fraction of sp³-hybridized carbons (Fsp3) is 0.500. The fourth-order valence-corrected chi connectivity index (χ4v) is 4.11. The van der Waals surface area contributed by atoms with Gasteiger partial charge in [-0.2, -0.15) is 0 Å². The van der Waals surface area contributed by atoms with E-state index in [1.165, 1.54) is 11.4 Å². The van der Waals surface area contributed by atoms with E-state index in [0.29, 0.717) is 12.8 Å². The number of carbonyl (C=O) groups is 1. The van der Waals surface area contributed by atoms with E-state index in [1.54, 1.807) is 0 Å². The van der Waals surface area contributed by atoms with E-state index >= 15 is 0 Å². The van der Waals surface area contributed by atoms with Crippen molar-refractivity contribution in [3.05, 3.63) is 16.3 Å². The molecule has 1 aromatic heterocycles. The van der Waals surface area contributed by atoms with Crippen molar-refractivity contribution in [2.75, 3.05) is 6.54 Å². The van der Waals surface area contributed by atoms with Crippen LogP contribution in [-0.4, -0.2) is 36.7 Å². The van der Waals surface area contributed by atoms with E-state index in [1.807, 2.05) is 0 Å². The number of rotatable bonds is 5. The lowest BCUT2D eigenvalue weighted by molar-refractivity contribution is -0.0270. The highest BCUT2D eigenvalue weighted by Crippen LogP contribution is 2.31. The Morgan fingerprint density at radius 2 is 2.17 bits per heavy atom. The van der Waals surface area contributed by atoms with Crippen LogP contribution in [0.1, 0.15) is 28.9 Å². The average Bonchev–Trinajstić information content (AvgIpc) is 2.73. The highest BCUT2D eigenvalue weighted by Gasteiger charge is 2.36. The Labute approximate surface area is 108 Å². The first-order chi connectivity index (χ1) is 8.34. The minimum Gasteiger partial charge on any atom is -0.477 e. The van der Waals surface area contributed by atoms with Crippen LogP contribution in [0.2, 0.25) is 0 Å². The summed E-state index contributed by atoms with van der Waals surface area (Å²) in [6, 6.07) is 1.25. The summed E-state index contributed by atoms with van der Waals surface area (Å²) in [4.78, 5) is 10.4. The maximum absolute atomic E-state index is 11.9. The molecule has 100 valence electrons. The molecule has 2 rings (SSSR count). The van der Waals surface area contributed by atoms with E-state index in [0.717, 1.165) is 17.8 Å². The van der Waals surface area contributed by atoms with E-state index in [9.17, 15) is 18.3 Å². The van der Waals surface area contributed by atoms with Crippen LogP contribution in [0.15, 0.2) is 16.3 Å². The monoisotopic (exact) mass is 291 g/mol. The number of sulfonamides is 1. The van der Waals surface area contributed by atoms with Gasteiger partial charge in [0.25, 0.3) is 0 Å². The van der Waals surface area contributed by atoms with Gasteiger partial charge in [-0.15, -0.1) is 11.3 Å². The van der Waals surface area contributed by atoms with Gasteiger partial charge in [-0.05, 0) is 30.7 Å². The number of carboxylic acid groups (broad SMARTS) is 1. The number of hydrogen-bond acceptors (Lipinski definition) is 5. The highest BCUT2D eigenvalue weighted by atomic mass is 32.2. The van der Waals surface area contributed by atoms with Crippen LogP contribution in [0.3, 0.4) is 0 Å². The standard InChI is InChI=1S/C10H13NO5S2/c12-9(13)8-7(2-5-17-8)18(15,16)11-6-10(14)3-1-4-10/h2,5,11,14H,1,3-4,6H2,(H,12,13). The van der Waals surface area contributed by atoms with Crippen LogP contribution in [0.5, 0.6) is 0 Å². The molecule has 0 aromatic carbocycles. The summed E-state index contributed by atoms with van der Waals surface area (Å²) in [5.41, 5.74) is -0.980. The van der Waals surface area contributed by atoms with Crippen LogP contribution < -0.4 is 4.72 Å². The maximum atomic E-state index is 11.9. The lowest BCUT2D eigenvalue weighted by Gasteiger charge is -2.36. The van der Waals surface area contributed by atoms with Crippen molar-refractivity contribution in [3.8, 4) is 0 Å². The Morgan fingerprint density at radius 1 is 1.50 bits per heavy atom. The smallest absolute Gasteiger partial charge is 0.347 e. The molecular formula is C10H13NO5S2. The third kappa shape index (κ3) is 2.56. The van der Waals surface area contributed by atoms with E-state index in [2.05, 4.69) is 4.72 Å². The lowest BCUT2D eigenvalue weighted by Crippen LogP contribution is -2.47. The summed E-state index contributed by atoms with van der Waals surface area (Å²) in [6.45, 7) is -0.0791. The van der Waals surface area contributed by atoms with Crippen molar-refractivity contribution in [3.63, 3.8) is 0 Å². The number of aromatic carboxylic acids is 1. The number of nitrogens with one attached hydrogen (secondary N) is 1. The zero-order chi connectivity index (χ0) is 13.4. The Hall–Kier alpha value is -0.960. The number of hydrogen-bond donors (Lipinski definition) is 3. The molecule has 0 bridgehead atoms. The molecule has 0 radical (unpaired) electrons. The molecular weight excluding hydrogens is 278 g/mol. The molecule has 0 amide bonds. The first-order valence-corrected chi connectivity index (χ1v) is 7.73. The zero-order valence-electron chi connectivity index (χ0n) is 9.42. The first kappa shape index (κ1) is 13.5. The molecule has 1 aliphatic rings. The second-order valence-electron chi connectivity index (χ2n) is 4.32. The Morgan fingerprint density at radius 3 is 2.67 bits per heavy atom. The summed E-state index contributed by atoms with van der Waals surface area (Å²) in [6.07, 6.45) is 1.99. The number of thiophene rings is 1. The minimum absolute atomic E-state index is 0.0791. The van der Waals surface area contributed by atoms with E-state index in [-0.39, 0.29) is 16.3 Å². The second kappa shape index (κ2) is 4.61. The zero-order valence-corrected chi connectivity index (χ0v) is 11.1. The minimum atomic E-state index is -3.88. The molecule has 0 spiro atoms. The van der Waals surface area contributed by atoms with Crippen molar-refractivity contribution in [1.82, 2.24) is 4.72 Å². The third-order valence-corrected chi connectivity index (χ3v) is 5.46. The van der Waals surface area contributed by atoms with E-state index < -0.39 is 21.6 Å². The quantitative estimate of drug-likeness (QED) is 0.738. The molecule has 0 saturated heterocycles. The van der Waals surface area contributed by atoms with E-state index in [4.69, 9.17) is 5.11 Å². The van der Waals surface area contributed by atoms with Gasteiger partial charge in [-0.1, -0.05) is 0 Å². The number of carboxylic acids is 1. The molecule has 6 nitrogen and oxygen atoms in total. The third-order valence-electron chi connectivity index (χ3n) is 2.99. The molecule has 1 aromatic rings. The van der Waals surface area contributed by atoms with Crippen molar-refractivity contribution in [1.29, 1.82) is 0 Å². The maximum Gasteiger partial charge on any atom is 0.347 e. The SMILES string of the molecule is O=C(O)c1sccc1S(=O)(=O)NCC1(O)CCC1. The van der Waals surface area contributed by atoms with Gasteiger partial charge in [-0.25, -0.2) is 17.9 Å². The largest absolute Gasteiger partial charge is 0.477 e.